The largest absolute Gasteiger partial charge is 0.376 e. The minimum absolute atomic E-state index is 0.0520. The number of amides is 2. The Morgan fingerprint density at radius 1 is 1.10 bits per heavy atom. The van der Waals surface area contributed by atoms with Crippen LogP contribution in [0.1, 0.15) is 33.6 Å². The van der Waals surface area contributed by atoms with Crippen molar-refractivity contribution < 1.29 is 14.3 Å². The van der Waals surface area contributed by atoms with Gasteiger partial charge in [0.05, 0.1) is 40.6 Å². The highest BCUT2D eigenvalue weighted by Crippen LogP contribution is 2.28. The average Bonchev–Trinajstić information content (AvgIpc) is 3.36. The van der Waals surface area contributed by atoms with Crippen molar-refractivity contribution in [2.24, 2.45) is 0 Å². The lowest BCUT2D eigenvalue weighted by Gasteiger charge is -2.18. The zero-order chi connectivity index (χ0) is 21.5. The van der Waals surface area contributed by atoms with Crippen molar-refractivity contribution >= 4 is 46.1 Å². The first-order chi connectivity index (χ1) is 15.0. The summed E-state index contributed by atoms with van der Waals surface area (Å²) in [4.78, 5) is 44.4. The molecule has 0 saturated carbocycles. The van der Waals surface area contributed by atoms with Gasteiger partial charge >= 0.3 is 0 Å². The van der Waals surface area contributed by atoms with E-state index in [0.717, 1.165) is 12.8 Å². The van der Waals surface area contributed by atoms with Crippen LogP contribution in [0, 0.1) is 0 Å². The number of thioether (sulfide) groups is 1. The minimum atomic E-state index is -0.343. The maximum atomic E-state index is 13.2. The Morgan fingerprint density at radius 2 is 1.84 bits per heavy atom. The number of nitrogens with zero attached hydrogens (tertiary/aromatic N) is 3. The molecule has 1 aromatic heterocycles. The van der Waals surface area contributed by atoms with E-state index >= 15 is 0 Å². The summed E-state index contributed by atoms with van der Waals surface area (Å²) in [6.45, 7) is 1.04. The van der Waals surface area contributed by atoms with Gasteiger partial charge in [-0.2, -0.15) is 0 Å². The van der Waals surface area contributed by atoms with Crippen molar-refractivity contribution in [1.29, 1.82) is 0 Å². The third-order valence-electron chi connectivity index (χ3n) is 5.49. The maximum absolute atomic E-state index is 13.2. The molecule has 0 radical (unpaired) electrons. The molecule has 2 aliphatic rings. The first-order valence-electron chi connectivity index (χ1n) is 9.92. The van der Waals surface area contributed by atoms with E-state index in [-0.39, 0.29) is 29.4 Å². The van der Waals surface area contributed by atoms with Gasteiger partial charge < -0.3 is 4.74 Å². The predicted octanol–water partition coefficient (Wildman–Crippen LogP) is 3.57. The van der Waals surface area contributed by atoms with Gasteiger partial charge in [-0.3, -0.25) is 23.9 Å². The normalized spacial score (nSPS) is 18.2. The first kappa shape index (κ1) is 20.2. The van der Waals surface area contributed by atoms with Crippen LogP contribution < -0.4 is 5.56 Å². The van der Waals surface area contributed by atoms with E-state index in [4.69, 9.17) is 16.3 Å². The van der Waals surface area contributed by atoms with Gasteiger partial charge in [0.2, 0.25) is 0 Å². The molecule has 2 amide bonds. The zero-order valence-electron chi connectivity index (χ0n) is 16.4. The van der Waals surface area contributed by atoms with E-state index in [1.54, 1.807) is 47.0 Å². The molecule has 3 aromatic rings. The number of carbonyl (C=O) groups excluding carboxylic acids is 2. The van der Waals surface area contributed by atoms with Gasteiger partial charge in [-0.1, -0.05) is 35.5 Å². The van der Waals surface area contributed by atoms with E-state index in [2.05, 4.69) is 4.98 Å². The number of hydrogen-bond acceptors (Lipinski definition) is 6. The number of hydrogen-bond donors (Lipinski definition) is 0. The van der Waals surface area contributed by atoms with Crippen molar-refractivity contribution in [2.45, 2.75) is 30.6 Å². The molecule has 31 heavy (non-hydrogen) atoms. The maximum Gasteiger partial charge on any atom is 0.262 e. The van der Waals surface area contributed by atoms with Gasteiger partial charge in [0.1, 0.15) is 0 Å². The van der Waals surface area contributed by atoms with Crippen LogP contribution in [0.15, 0.2) is 52.4 Å². The van der Waals surface area contributed by atoms with Crippen LogP contribution in [0.25, 0.3) is 10.9 Å². The van der Waals surface area contributed by atoms with Crippen molar-refractivity contribution in [3.8, 4) is 0 Å². The molecule has 0 N–H and O–H groups in total. The summed E-state index contributed by atoms with van der Waals surface area (Å²) in [7, 11) is 0. The zero-order valence-corrected chi connectivity index (χ0v) is 18.0. The second-order valence-corrected chi connectivity index (χ2v) is 8.81. The van der Waals surface area contributed by atoms with Crippen molar-refractivity contribution in [3.63, 3.8) is 0 Å². The molecule has 5 rings (SSSR count). The van der Waals surface area contributed by atoms with Crippen LogP contribution in [0.2, 0.25) is 5.02 Å². The number of aromatic nitrogens is 2. The van der Waals surface area contributed by atoms with Crippen LogP contribution in [0.4, 0.5) is 0 Å². The van der Waals surface area contributed by atoms with E-state index in [1.807, 2.05) is 0 Å². The number of halogens is 1. The smallest absolute Gasteiger partial charge is 0.262 e. The topological polar surface area (TPSA) is 81.5 Å². The molecule has 7 nitrogen and oxygen atoms in total. The number of fused-ring (bicyclic) bond motifs is 2. The molecule has 2 aromatic carbocycles. The van der Waals surface area contributed by atoms with Crippen LogP contribution >= 0.6 is 23.4 Å². The fourth-order valence-corrected chi connectivity index (χ4v) is 5.04. The molecule has 1 fully saturated rings. The molecule has 1 unspecified atom stereocenters. The quantitative estimate of drug-likeness (QED) is 0.332. The second kappa shape index (κ2) is 8.11. The molecular weight excluding hydrogens is 438 g/mol. The van der Waals surface area contributed by atoms with Crippen LogP contribution in [-0.4, -0.2) is 44.9 Å². The van der Waals surface area contributed by atoms with Crippen molar-refractivity contribution in [3.05, 3.63) is 69.0 Å². The highest BCUT2D eigenvalue weighted by molar-refractivity contribution is 7.99. The average molecular weight is 456 g/mol. The molecule has 158 valence electrons. The third kappa shape index (κ3) is 3.64. The number of imide groups is 1. The fourth-order valence-electron chi connectivity index (χ4n) is 3.92. The highest BCUT2D eigenvalue weighted by atomic mass is 35.5. The molecule has 3 heterocycles. The number of ether oxygens (including phenoxy) is 1. The van der Waals surface area contributed by atoms with E-state index in [9.17, 15) is 14.4 Å². The molecule has 1 saturated heterocycles. The van der Waals surface area contributed by atoms with Crippen LogP contribution in [0.5, 0.6) is 0 Å². The second-order valence-electron chi connectivity index (χ2n) is 7.46. The van der Waals surface area contributed by atoms with Gasteiger partial charge in [0.25, 0.3) is 17.4 Å². The van der Waals surface area contributed by atoms with Gasteiger partial charge in [0, 0.05) is 11.6 Å². The molecule has 0 bridgehead atoms. The number of rotatable bonds is 5. The summed E-state index contributed by atoms with van der Waals surface area (Å²) in [5.74, 6) is -0.633. The van der Waals surface area contributed by atoms with Crippen LogP contribution in [0.3, 0.4) is 0 Å². The van der Waals surface area contributed by atoms with E-state index in [0.29, 0.717) is 45.4 Å². The monoisotopic (exact) mass is 455 g/mol. The highest BCUT2D eigenvalue weighted by Gasteiger charge is 2.35. The van der Waals surface area contributed by atoms with Gasteiger partial charge in [-0.05, 0) is 43.2 Å². The molecule has 1 atom stereocenters. The van der Waals surface area contributed by atoms with Crippen molar-refractivity contribution in [1.82, 2.24) is 14.5 Å². The Balaban J connectivity index is 1.49. The third-order valence-corrected chi connectivity index (χ3v) is 6.69. The lowest BCUT2D eigenvalue weighted by Crippen LogP contribution is -2.31. The number of benzene rings is 2. The summed E-state index contributed by atoms with van der Waals surface area (Å²) in [5.41, 5.74) is 1.07. The Hall–Kier alpha value is -2.68. The summed E-state index contributed by atoms with van der Waals surface area (Å²) in [5, 5.41) is 1.37. The van der Waals surface area contributed by atoms with Gasteiger partial charge in [0.15, 0.2) is 5.16 Å². The Bertz CT molecular complexity index is 1230. The van der Waals surface area contributed by atoms with E-state index in [1.165, 1.54) is 16.7 Å². The molecule has 2 aliphatic heterocycles. The van der Waals surface area contributed by atoms with Crippen LogP contribution in [-0.2, 0) is 11.3 Å². The molecule has 0 aliphatic carbocycles. The lowest BCUT2D eigenvalue weighted by atomic mass is 10.1. The van der Waals surface area contributed by atoms with Crippen molar-refractivity contribution in [2.75, 3.05) is 12.5 Å². The molecule has 0 spiro atoms. The minimum Gasteiger partial charge on any atom is -0.376 e. The first-order valence-corrected chi connectivity index (χ1v) is 11.3. The summed E-state index contributed by atoms with van der Waals surface area (Å²) in [6.07, 6.45) is 1.75. The Morgan fingerprint density at radius 3 is 2.52 bits per heavy atom. The fraction of sp³-hybridized carbons (Fsp3) is 0.273. The van der Waals surface area contributed by atoms with Gasteiger partial charge in [-0.25, -0.2) is 4.98 Å². The Kier molecular flexibility index (Phi) is 5.29. The SMILES string of the molecule is O=C1c2ccccc2C(=O)N1CSc1nc2cc(Cl)ccc2c(=O)n1CC1CCCO1. The molecular formula is C22H18ClN3O4S. The molecule has 9 heteroatoms. The predicted molar refractivity (Wildman–Crippen MR) is 118 cm³/mol. The lowest BCUT2D eigenvalue weighted by molar-refractivity contribution is 0.0683. The Labute approximate surface area is 187 Å². The summed E-state index contributed by atoms with van der Waals surface area (Å²) in [6, 6.07) is 11.7. The summed E-state index contributed by atoms with van der Waals surface area (Å²) >= 11 is 7.28. The standard InChI is InChI=1S/C22H18ClN3O4S/c23-13-7-8-17-18(10-13)24-22(25(21(17)29)11-14-4-3-9-30-14)31-12-26-19(27)15-5-1-2-6-16(15)20(26)28/h1-2,5-8,10,14H,3-4,9,11-12H2. The van der Waals surface area contributed by atoms with Gasteiger partial charge in [-0.15, -0.1) is 0 Å². The number of carbonyl (C=O) groups is 2. The summed E-state index contributed by atoms with van der Waals surface area (Å²) < 4.78 is 7.29. The van der Waals surface area contributed by atoms with E-state index < -0.39 is 0 Å².